The molecule has 7 nitrogen and oxygen atoms in total. The Morgan fingerprint density at radius 2 is 1.73 bits per heavy atom. The second-order valence-corrected chi connectivity index (χ2v) is 9.14. The number of rotatable bonds is 3. The van der Waals surface area contributed by atoms with Gasteiger partial charge in [0.25, 0.3) is 0 Å². The second-order valence-electron chi connectivity index (χ2n) is 7.23. The molecule has 3 rings (SSSR count). The summed E-state index contributed by atoms with van der Waals surface area (Å²) in [6.45, 7) is 5.96. The van der Waals surface area contributed by atoms with Crippen LogP contribution in [0.4, 0.5) is 0 Å². The van der Waals surface area contributed by atoms with Crippen LogP contribution in [0.25, 0.3) is 0 Å². The topological polar surface area (TPSA) is 92.9 Å². The highest BCUT2D eigenvalue weighted by Gasteiger charge is 2.41. The first-order valence-electron chi connectivity index (χ1n) is 8.97. The quantitative estimate of drug-likeness (QED) is 0.830. The maximum atomic E-state index is 13.0. The molecular weight excluding hydrogens is 354 g/mol. The number of hydrogen-bond acceptors (Lipinski definition) is 5. The summed E-state index contributed by atoms with van der Waals surface area (Å²) in [7, 11) is -3.56. The van der Waals surface area contributed by atoms with Crippen LogP contribution in [0.5, 0.6) is 0 Å². The number of nitrogens with two attached hydrogens (primary N) is 1. The standard InChI is InChI=1S/C18H27N3O4S/c1-14-3-4-15(2)16(13-14)26(23,24)21-9-7-20(8-10-21)17(22)18(19)5-11-25-12-6-18/h3-4,13H,5-12,19H2,1-2H3. The lowest BCUT2D eigenvalue weighted by atomic mass is 9.89. The molecule has 144 valence electrons. The SMILES string of the molecule is Cc1ccc(C)c(S(=O)(=O)N2CCN(C(=O)C3(N)CCOCC3)CC2)c1. The van der Waals surface area contributed by atoms with E-state index < -0.39 is 15.6 Å². The first kappa shape index (κ1) is 19.3. The summed E-state index contributed by atoms with van der Waals surface area (Å²) in [6.07, 6.45) is 1.01. The van der Waals surface area contributed by atoms with Crippen LogP contribution < -0.4 is 5.73 Å². The van der Waals surface area contributed by atoms with Gasteiger partial charge in [-0.2, -0.15) is 4.31 Å². The number of piperazine rings is 1. The Kier molecular flexibility index (Phi) is 5.39. The molecule has 2 heterocycles. The van der Waals surface area contributed by atoms with Crippen molar-refractivity contribution in [2.45, 2.75) is 37.1 Å². The highest BCUT2D eigenvalue weighted by atomic mass is 32.2. The molecule has 0 unspecified atom stereocenters. The fraction of sp³-hybridized carbons (Fsp3) is 0.611. The van der Waals surface area contributed by atoms with Gasteiger partial charge in [0.2, 0.25) is 15.9 Å². The predicted molar refractivity (Wildman–Crippen MR) is 98.2 cm³/mol. The van der Waals surface area contributed by atoms with Gasteiger partial charge in [0.15, 0.2) is 0 Å². The van der Waals surface area contributed by atoms with Crippen molar-refractivity contribution in [2.24, 2.45) is 5.73 Å². The third-order valence-electron chi connectivity index (χ3n) is 5.30. The Hall–Kier alpha value is -1.48. The Morgan fingerprint density at radius 1 is 1.12 bits per heavy atom. The first-order valence-corrected chi connectivity index (χ1v) is 10.4. The van der Waals surface area contributed by atoms with Gasteiger partial charge in [0.05, 0.1) is 10.4 Å². The lowest BCUT2D eigenvalue weighted by Crippen LogP contribution is -2.61. The van der Waals surface area contributed by atoms with Crippen molar-refractivity contribution in [1.29, 1.82) is 0 Å². The molecule has 1 aromatic carbocycles. The van der Waals surface area contributed by atoms with Gasteiger partial charge in [0.1, 0.15) is 0 Å². The third kappa shape index (κ3) is 3.64. The second kappa shape index (κ2) is 7.26. The molecule has 0 aromatic heterocycles. The van der Waals surface area contributed by atoms with E-state index in [0.717, 1.165) is 11.1 Å². The van der Waals surface area contributed by atoms with E-state index in [1.807, 2.05) is 19.1 Å². The van der Waals surface area contributed by atoms with E-state index in [4.69, 9.17) is 10.5 Å². The Bertz CT molecular complexity index is 780. The van der Waals surface area contributed by atoms with Gasteiger partial charge in [-0.05, 0) is 43.9 Å². The molecule has 1 aromatic rings. The van der Waals surface area contributed by atoms with Crippen molar-refractivity contribution >= 4 is 15.9 Å². The summed E-state index contributed by atoms with van der Waals surface area (Å²) < 4.78 is 32.7. The van der Waals surface area contributed by atoms with Crippen molar-refractivity contribution in [3.05, 3.63) is 29.3 Å². The Morgan fingerprint density at radius 3 is 2.35 bits per heavy atom. The number of amides is 1. The van der Waals surface area contributed by atoms with Crippen LogP contribution in [0.3, 0.4) is 0 Å². The van der Waals surface area contributed by atoms with Crippen molar-refractivity contribution in [3.63, 3.8) is 0 Å². The normalized spacial score (nSPS) is 21.6. The fourth-order valence-electron chi connectivity index (χ4n) is 3.52. The minimum absolute atomic E-state index is 0.0930. The summed E-state index contributed by atoms with van der Waals surface area (Å²) in [5.41, 5.74) is 7.04. The summed E-state index contributed by atoms with van der Waals surface area (Å²) in [5.74, 6) is -0.0930. The van der Waals surface area contributed by atoms with Gasteiger partial charge < -0.3 is 15.4 Å². The van der Waals surface area contributed by atoms with Crippen LogP contribution >= 0.6 is 0 Å². The minimum Gasteiger partial charge on any atom is -0.381 e. The maximum absolute atomic E-state index is 13.0. The fourth-order valence-corrected chi connectivity index (χ4v) is 5.25. The molecule has 0 radical (unpaired) electrons. The highest BCUT2D eigenvalue weighted by Crippen LogP contribution is 2.25. The van der Waals surface area contributed by atoms with Gasteiger partial charge in [-0.1, -0.05) is 12.1 Å². The number of carbonyl (C=O) groups is 1. The first-order chi connectivity index (χ1) is 12.2. The van der Waals surface area contributed by atoms with E-state index in [0.29, 0.717) is 44.0 Å². The van der Waals surface area contributed by atoms with Gasteiger partial charge in [-0.25, -0.2) is 8.42 Å². The molecule has 0 bridgehead atoms. The monoisotopic (exact) mass is 381 g/mol. The molecule has 2 aliphatic heterocycles. The van der Waals surface area contributed by atoms with Crippen LogP contribution in [-0.2, 0) is 19.6 Å². The number of benzene rings is 1. The summed E-state index contributed by atoms with van der Waals surface area (Å²) in [4.78, 5) is 14.8. The van der Waals surface area contributed by atoms with Crippen LogP contribution in [-0.4, -0.2) is 68.5 Å². The van der Waals surface area contributed by atoms with E-state index >= 15 is 0 Å². The zero-order valence-electron chi connectivity index (χ0n) is 15.4. The molecule has 0 spiro atoms. The summed E-state index contributed by atoms with van der Waals surface area (Å²) in [6, 6.07) is 5.43. The molecule has 2 aliphatic rings. The lowest BCUT2D eigenvalue weighted by molar-refractivity contribution is -0.141. The van der Waals surface area contributed by atoms with E-state index in [1.165, 1.54) is 4.31 Å². The largest absolute Gasteiger partial charge is 0.381 e. The third-order valence-corrected chi connectivity index (χ3v) is 7.34. The zero-order chi connectivity index (χ0) is 18.9. The number of carbonyl (C=O) groups excluding carboxylic acids is 1. The van der Waals surface area contributed by atoms with E-state index in [2.05, 4.69) is 0 Å². The van der Waals surface area contributed by atoms with Crippen LogP contribution in [0.15, 0.2) is 23.1 Å². The summed E-state index contributed by atoms with van der Waals surface area (Å²) >= 11 is 0. The lowest BCUT2D eigenvalue weighted by Gasteiger charge is -2.40. The molecule has 8 heteroatoms. The zero-order valence-corrected chi connectivity index (χ0v) is 16.2. The van der Waals surface area contributed by atoms with Crippen molar-refractivity contribution in [2.75, 3.05) is 39.4 Å². The molecule has 0 saturated carbocycles. The number of sulfonamides is 1. The predicted octanol–water partition coefficient (Wildman–Crippen LogP) is 0.644. The van der Waals surface area contributed by atoms with Crippen molar-refractivity contribution < 1.29 is 17.9 Å². The average Bonchev–Trinajstić information content (AvgIpc) is 2.63. The number of aryl methyl sites for hydroxylation is 2. The molecule has 2 saturated heterocycles. The number of nitrogens with zero attached hydrogens (tertiary/aromatic N) is 2. The van der Waals surface area contributed by atoms with E-state index in [9.17, 15) is 13.2 Å². The molecule has 0 atom stereocenters. The van der Waals surface area contributed by atoms with Gasteiger partial charge >= 0.3 is 0 Å². The molecular formula is C18H27N3O4S. The van der Waals surface area contributed by atoms with E-state index in [1.54, 1.807) is 17.9 Å². The number of ether oxygens (including phenoxy) is 1. The minimum atomic E-state index is -3.56. The molecule has 2 fully saturated rings. The Balaban J connectivity index is 1.70. The van der Waals surface area contributed by atoms with Crippen molar-refractivity contribution in [1.82, 2.24) is 9.21 Å². The van der Waals surface area contributed by atoms with Gasteiger partial charge in [0, 0.05) is 39.4 Å². The highest BCUT2D eigenvalue weighted by molar-refractivity contribution is 7.89. The summed E-state index contributed by atoms with van der Waals surface area (Å²) in [5, 5.41) is 0. The molecule has 1 amide bonds. The van der Waals surface area contributed by atoms with Gasteiger partial charge in [-0.3, -0.25) is 4.79 Å². The average molecular weight is 381 g/mol. The molecule has 0 aliphatic carbocycles. The smallest absolute Gasteiger partial charge is 0.243 e. The van der Waals surface area contributed by atoms with Gasteiger partial charge in [-0.15, -0.1) is 0 Å². The Labute approximate surface area is 155 Å². The van der Waals surface area contributed by atoms with Crippen LogP contribution in [0, 0.1) is 13.8 Å². The van der Waals surface area contributed by atoms with Crippen LogP contribution in [0.1, 0.15) is 24.0 Å². The molecule has 26 heavy (non-hydrogen) atoms. The van der Waals surface area contributed by atoms with Crippen molar-refractivity contribution in [3.8, 4) is 0 Å². The van der Waals surface area contributed by atoms with E-state index in [-0.39, 0.29) is 19.0 Å². The maximum Gasteiger partial charge on any atom is 0.243 e. The van der Waals surface area contributed by atoms with Crippen LogP contribution in [0.2, 0.25) is 0 Å². The molecule has 2 N–H and O–H groups in total. The number of hydrogen-bond donors (Lipinski definition) is 1.